The van der Waals surface area contributed by atoms with E-state index in [0.29, 0.717) is 37.8 Å². The molecule has 0 radical (unpaired) electrons. The number of hydrogen-bond acceptors (Lipinski definition) is 7. The number of rotatable bonds is 5. The van der Waals surface area contributed by atoms with Crippen LogP contribution >= 0.6 is 0 Å². The summed E-state index contributed by atoms with van der Waals surface area (Å²) >= 11 is 0. The number of carbonyl (C=O) groups excluding carboxylic acids is 3. The maximum absolute atomic E-state index is 13.3. The van der Waals surface area contributed by atoms with Gasteiger partial charge in [-0.05, 0) is 92.4 Å². The molecule has 222 valence electrons. The van der Waals surface area contributed by atoms with Crippen molar-refractivity contribution in [1.82, 2.24) is 5.32 Å². The zero-order valence-electron chi connectivity index (χ0n) is 25.6. The first-order chi connectivity index (χ1) is 18.7. The first-order valence-electron chi connectivity index (χ1n) is 14.9. The van der Waals surface area contributed by atoms with Crippen molar-refractivity contribution in [3.8, 4) is 0 Å². The highest BCUT2D eigenvalue weighted by Crippen LogP contribution is 2.73. The Morgan fingerprint density at radius 2 is 1.85 bits per heavy atom. The third-order valence-corrected chi connectivity index (χ3v) is 11.4. The van der Waals surface area contributed by atoms with Crippen LogP contribution in [0.15, 0.2) is 28.0 Å². The Morgan fingerprint density at radius 1 is 1.15 bits per heavy atom. The van der Waals surface area contributed by atoms with E-state index in [0.717, 1.165) is 30.5 Å². The van der Waals surface area contributed by atoms with Crippen LogP contribution in [0.2, 0.25) is 0 Å². The summed E-state index contributed by atoms with van der Waals surface area (Å²) < 4.78 is 11.3. The predicted octanol–water partition coefficient (Wildman–Crippen LogP) is 5.59. The molecule has 0 aromatic rings. The number of nitrogens with zero attached hydrogens (tertiary/aromatic N) is 1. The Kier molecular flexibility index (Phi) is 8.32. The largest absolute Gasteiger partial charge is 0.466 e. The molecule has 1 saturated heterocycles. The summed E-state index contributed by atoms with van der Waals surface area (Å²) in [5.74, 6) is -0.839. The fraction of sp³-hybridized carbons (Fsp3) is 0.750. The molecule has 8 heteroatoms. The Labute approximate surface area is 239 Å². The van der Waals surface area contributed by atoms with Crippen molar-refractivity contribution < 1.29 is 29.1 Å². The molecule has 0 spiro atoms. The van der Waals surface area contributed by atoms with Crippen LogP contribution in [0.1, 0.15) is 93.4 Å². The fourth-order valence-electron chi connectivity index (χ4n) is 9.48. The lowest BCUT2D eigenvalue weighted by Gasteiger charge is -2.65. The van der Waals surface area contributed by atoms with E-state index < -0.39 is 12.1 Å². The van der Waals surface area contributed by atoms with Crippen molar-refractivity contribution in [2.45, 2.75) is 99.5 Å². The van der Waals surface area contributed by atoms with Crippen LogP contribution in [-0.2, 0) is 23.9 Å². The summed E-state index contributed by atoms with van der Waals surface area (Å²) in [6.45, 7) is 14.9. The molecule has 4 rings (SSSR count). The highest BCUT2D eigenvalue weighted by molar-refractivity contribution is 5.93. The second-order valence-electron chi connectivity index (χ2n) is 13.6. The van der Waals surface area contributed by atoms with E-state index in [2.05, 4.69) is 37.3 Å². The summed E-state index contributed by atoms with van der Waals surface area (Å²) in [7, 11) is 1.39. The number of fused-ring (bicyclic) bond motifs is 5. The number of nitrogens with one attached hydrogen (secondary N) is 1. The molecular formula is C32H48N2O6. The Bertz CT molecular complexity index is 1150. The number of amides is 1. The predicted molar refractivity (Wildman–Crippen MR) is 153 cm³/mol. The van der Waals surface area contributed by atoms with Gasteiger partial charge in [0.1, 0.15) is 6.10 Å². The zero-order valence-corrected chi connectivity index (χ0v) is 25.6. The molecule has 1 amide bonds. The summed E-state index contributed by atoms with van der Waals surface area (Å²) in [4.78, 5) is 38.5. The van der Waals surface area contributed by atoms with E-state index in [-0.39, 0.29) is 51.8 Å². The maximum Gasteiger partial charge on any atom is 0.333 e. The number of allylic oxidation sites excluding steroid dienone is 2. The number of ether oxygens (including phenoxy) is 2. The van der Waals surface area contributed by atoms with E-state index in [4.69, 9.17) is 9.47 Å². The SMILES string of the molecule is COC(=O)/C(CCC=C(C)C)=C1\[C@@H](OC(C)=O)C[C@@]2(C)[C@H]1C/C(=N\O)[C@H]1[C@@]3(C)CCNC(=O)[C@@H](C)[C@@H]3CC[C@@]12C. The molecule has 4 aliphatic rings. The van der Waals surface area contributed by atoms with Gasteiger partial charge in [-0.15, -0.1) is 0 Å². The lowest BCUT2D eigenvalue weighted by molar-refractivity contribution is -0.149. The summed E-state index contributed by atoms with van der Waals surface area (Å²) in [5.41, 5.74) is 2.39. The molecule has 1 heterocycles. The average Bonchev–Trinajstić information content (AvgIpc) is 3.10. The Morgan fingerprint density at radius 3 is 2.45 bits per heavy atom. The highest BCUT2D eigenvalue weighted by Gasteiger charge is 2.70. The van der Waals surface area contributed by atoms with Gasteiger partial charge in [0, 0.05) is 30.9 Å². The van der Waals surface area contributed by atoms with Gasteiger partial charge in [0.2, 0.25) is 5.91 Å². The smallest absolute Gasteiger partial charge is 0.333 e. The number of esters is 2. The normalized spacial score (nSPS) is 41.0. The van der Waals surface area contributed by atoms with Crippen molar-refractivity contribution in [3.63, 3.8) is 0 Å². The van der Waals surface area contributed by atoms with Crippen LogP contribution < -0.4 is 5.32 Å². The van der Waals surface area contributed by atoms with Crippen molar-refractivity contribution >= 4 is 23.6 Å². The molecule has 40 heavy (non-hydrogen) atoms. The van der Waals surface area contributed by atoms with Crippen LogP contribution in [0.4, 0.5) is 0 Å². The second-order valence-corrected chi connectivity index (χ2v) is 13.6. The molecule has 0 unspecified atom stereocenters. The zero-order chi connectivity index (χ0) is 29.6. The number of hydrogen-bond donors (Lipinski definition) is 2. The van der Waals surface area contributed by atoms with E-state index in [1.54, 1.807) is 0 Å². The molecule has 3 saturated carbocycles. The first-order valence-corrected chi connectivity index (χ1v) is 14.9. The molecular weight excluding hydrogens is 508 g/mol. The van der Waals surface area contributed by atoms with E-state index >= 15 is 0 Å². The monoisotopic (exact) mass is 556 g/mol. The molecule has 0 bridgehead atoms. The highest BCUT2D eigenvalue weighted by atomic mass is 16.5. The summed E-state index contributed by atoms with van der Waals surface area (Å²) in [6.07, 6.45) is 6.32. The van der Waals surface area contributed by atoms with Crippen molar-refractivity contribution in [1.29, 1.82) is 0 Å². The minimum absolute atomic E-state index is 0.0512. The molecule has 3 aliphatic carbocycles. The maximum atomic E-state index is 13.3. The van der Waals surface area contributed by atoms with Crippen molar-refractivity contribution in [2.75, 3.05) is 13.7 Å². The topological polar surface area (TPSA) is 114 Å². The van der Waals surface area contributed by atoms with E-state index in [1.165, 1.54) is 19.6 Å². The van der Waals surface area contributed by atoms with Gasteiger partial charge in [-0.25, -0.2) is 4.79 Å². The van der Waals surface area contributed by atoms with Gasteiger partial charge in [-0.3, -0.25) is 9.59 Å². The molecule has 8 atom stereocenters. The van der Waals surface area contributed by atoms with Crippen LogP contribution in [-0.4, -0.2) is 48.5 Å². The van der Waals surface area contributed by atoms with Gasteiger partial charge in [0.05, 0.1) is 12.8 Å². The summed E-state index contributed by atoms with van der Waals surface area (Å²) in [6, 6.07) is 0. The van der Waals surface area contributed by atoms with E-state index in [1.807, 2.05) is 20.8 Å². The van der Waals surface area contributed by atoms with Crippen LogP contribution in [0.5, 0.6) is 0 Å². The first kappa shape index (κ1) is 30.3. The fourth-order valence-corrected chi connectivity index (χ4v) is 9.48. The van der Waals surface area contributed by atoms with Crippen molar-refractivity contribution in [3.05, 3.63) is 22.8 Å². The van der Waals surface area contributed by atoms with Crippen LogP contribution in [0.25, 0.3) is 0 Å². The lowest BCUT2D eigenvalue weighted by atomic mass is 9.38. The quantitative estimate of drug-likeness (QED) is 0.150. The van der Waals surface area contributed by atoms with Gasteiger partial charge in [0.25, 0.3) is 0 Å². The Hall–Kier alpha value is -2.64. The van der Waals surface area contributed by atoms with Gasteiger partial charge >= 0.3 is 11.9 Å². The van der Waals surface area contributed by atoms with Gasteiger partial charge < -0.3 is 20.0 Å². The number of oxime groups is 1. The molecule has 4 fully saturated rings. The van der Waals surface area contributed by atoms with Crippen molar-refractivity contribution in [2.24, 2.45) is 45.1 Å². The minimum atomic E-state index is -0.550. The molecule has 8 nitrogen and oxygen atoms in total. The third kappa shape index (κ3) is 4.69. The number of carbonyl (C=O) groups is 3. The standard InChI is InChI=1S/C32H48N2O6/c1-18(2)10-9-11-21(29(37)39-8)26-23-16-24(34-38)27-30(5)14-15-33-28(36)19(3)22(30)12-13-31(27,6)32(23,7)17-25(26)40-20(4)35/h10,19,22-23,25,27,38H,9,11-17H2,1-8H3,(H,33,36)/b26-21-,34-24+/t19-,22-,23-,25-,27-,30-,31-,32-/m0/s1. The summed E-state index contributed by atoms with van der Waals surface area (Å²) in [5, 5.41) is 17.6. The second kappa shape index (κ2) is 11.0. The van der Waals surface area contributed by atoms with E-state index in [9.17, 15) is 19.6 Å². The van der Waals surface area contributed by atoms with Crippen LogP contribution in [0, 0.1) is 39.9 Å². The Balaban J connectivity index is 1.90. The van der Waals surface area contributed by atoms with Crippen LogP contribution in [0.3, 0.4) is 0 Å². The minimum Gasteiger partial charge on any atom is -0.466 e. The molecule has 1 aliphatic heterocycles. The van der Waals surface area contributed by atoms with Gasteiger partial charge in [0.15, 0.2) is 0 Å². The van der Waals surface area contributed by atoms with Gasteiger partial charge in [-0.1, -0.05) is 44.5 Å². The number of methoxy groups -OCH3 is 1. The molecule has 2 N–H and O–H groups in total. The van der Waals surface area contributed by atoms with Gasteiger partial charge in [-0.2, -0.15) is 0 Å². The molecule has 0 aromatic heterocycles. The average molecular weight is 557 g/mol. The lowest BCUT2D eigenvalue weighted by Crippen LogP contribution is -2.63. The molecule has 0 aromatic carbocycles. The third-order valence-electron chi connectivity index (χ3n) is 11.4.